The van der Waals surface area contributed by atoms with Crippen LogP contribution in [0, 0.1) is 20.8 Å². The summed E-state index contributed by atoms with van der Waals surface area (Å²) in [7, 11) is -3.31. The highest BCUT2D eigenvalue weighted by molar-refractivity contribution is 8.00. The van der Waals surface area contributed by atoms with E-state index >= 15 is 0 Å². The zero-order valence-corrected chi connectivity index (χ0v) is 19.8. The van der Waals surface area contributed by atoms with Gasteiger partial charge in [-0.1, -0.05) is 11.8 Å². The summed E-state index contributed by atoms with van der Waals surface area (Å²) in [6, 6.07) is 5.33. The molecular formula is C21H23N3O3S3. The van der Waals surface area contributed by atoms with Crippen LogP contribution in [-0.4, -0.2) is 42.7 Å². The first-order valence-corrected chi connectivity index (χ1v) is 13.3. The van der Waals surface area contributed by atoms with Crippen molar-refractivity contribution >= 4 is 54.8 Å². The van der Waals surface area contributed by atoms with Crippen LogP contribution >= 0.6 is 23.1 Å². The van der Waals surface area contributed by atoms with Crippen molar-refractivity contribution in [3.63, 3.8) is 0 Å². The van der Waals surface area contributed by atoms with Crippen molar-refractivity contribution in [1.82, 2.24) is 9.97 Å². The zero-order valence-electron chi connectivity index (χ0n) is 17.4. The maximum absolute atomic E-state index is 12.9. The average Bonchev–Trinajstić information content (AvgIpc) is 2.97. The summed E-state index contributed by atoms with van der Waals surface area (Å²) in [5.41, 5.74) is 3.37. The third-order valence-electron chi connectivity index (χ3n) is 5.33. The molecule has 158 valence electrons. The molecule has 3 aromatic rings. The average molecular weight is 462 g/mol. The summed E-state index contributed by atoms with van der Waals surface area (Å²) in [6.45, 7) is 6.49. The number of ketones is 1. The summed E-state index contributed by atoms with van der Waals surface area (Å²) >= 11 is 3.09. The number of sulfonamides is 1. The van der Waals surface area contributed by atoms with Crippen LogP contribution in [0.5, 0.6) is 0 Å². The molecule has 0 fully saturated rings. The molecule has 0 saturated heterocycles. The Kier molecular flexibility index (Phi) is 5.63. The number of carbonyl (C=O) groups excluding carboxylic acids is 1. The zero-order chi connectivity index (χ0) is 21.6. The van der Waals surface area contributed by atoms with Gasteiger partial charge in [0.15, 0.2) is 5.78 Å². The van der Waals surface area contributed by atoms with Gasteiger partial charge in [0.1, 0.15) is 15.7 Å². The number of Topliss-reactive ketones (excluding diaryl/α,β-unsaturated/α-hetero) is 1. The highest BCUT2D eigenvalue weighted by Crippen LogP contribution is 2.36. The number of aryl methyl sites for hydroxylation is 4. The Bertz CT molecular complexity index is 1270. The van der Waals surface area contributed by atoms with Gasteiger partial charge >= 0.3 is 0 Å². The van der Waals surface area contributed by atoms with Crippen LogP contribution in [0.1, 0.15) is 38.6 Å². The van der Waals surface area contributed by atoms with Gasteiger partial charge in [0.2, 0.25) is 10.0 Å². The van der Waals surface area contributed by atoms with Crippen molar-refractivity contribution in [1.29, 1.82) is 0 Å². The standard InChI is InChI=1S/C21H23N3O3S3/c1-12-13(2)29-21-19(12)20(22-14(3)23-21)28-11-18(25)16-7-8-17-15(10-16)6-5-9-24(17)30(4,26)27/h7-8,10H,5-6,9,11H2,1-4H3. The van der Waals surface area contributed by atoms with Crippen molar-refractivity contribution in [2.75, 3.05) is 22.9 Å². The van der Waals surface area contributed by atoms with Crippen molar-refractivity contribution in [2.45, 2.75) is 38.6 Å². The first kappa shape index (κ1) is 21.3. The van der Waals surface area contributed by atoms with E-state index in [0.717, 1.165) is 33.6 Å². The number of thiophene rings is 1. The maximum atomic E-state index is 12.9. The van der Waals surface area contributed by atoms with Crippen LogP contribution in [0.2, 0.25) is 0 Å². The number of aromatic nitrogens is 2. The Morgan fingerprint density at radius 2 is 2.00 bits per heavy atom. The molecule has 3 heterocycles. The Morgan fingerprint density at radius 1 is 1.23 bits per heavy atom. The summed E-state index contributed by atoms with van der Waals surface area (Å²) < 4.78 is 25.5. The second-order valence-electron chi connectivity index (χ2n) is 7.53. The number of anilines is 1. The highest BCUT2D eigenvalue weighted by atomic mass is 32.2. The lowest BCUT2D eigenvalue weighted by molar-refractivity contribution is 0.102. The molecule has 0 atom stereocenters. The molecule has 1 aliphatic rings. The topological polar surface area (TPSA) is 80.2 Å². The van der Waals surface area contributed by atoms with Gasteiger partial charge in [-0.15, -0.1) is 11.3 Å². The quantitative estimate of drug-likeness (QED) is 0.320. The number of rotatable bonds is 5. The molecule has 0 N–H and O–H groups in total. The number of hydrogen-bond donors (Lipinski definition) is 0. The van der Waals surface area contributed by atoms with Crippen molar-refractivity contribution in [2.24, 2.45) is 0 Å². The van der Waals surface area contributed by atoms with E-state index in [1.54, 1.807) is 23.5 Å². The van der Waals surface area contributed by atoms with Crippen LogP contribution in [0.25, 0.3) is 10.2 Å². The van der Waals surface area contributed by atoms with E-state index in [-0.39, 0.29) is 11.5 Å². The van der Waals surface area contributed by atoms with Gasteiger partial charge in [-0.3, -0.25) is 9.10 Å². The SMILES string of the molecule is Cc1nc(SCC(=O)c2ccc3c(c2)CCCN3S(C)(=O)=O)c2c(C)c(C)sc2n1. The Labute approximate surface area is 184 Å². The van der Waals surface area contributed by atoms with Crippen molar-refractivity contribution in [3.05, 3.63) is 45.6 Å². The lowest BCUT2D eigenvalue weighted by Gasteiger charge is -2.29. The van der Waals surface area contributed by atoms with Gasteiger partial charge in [-0.2, -0.15) is 0 Å². The Hall–Kier alpha value is -1.97. The molecular weight excluding hydrogens is 438 g/mol. The minimum atomic E-state index is -3.31. The fourth-order valence-electron chi connectivity index (χ4n) is 3.72. The summed E-state index contributed by atoms with van der Waals surface area (Å²) in [4.78, 5) is 24.2. The van der Waals surface area contributed by atoms with E-state index in [2.05, 4.69) is 23.8 Å². The van der Waals surface area contributed by atoms with E-state index in [1.807, 2.05) is 13.0 Å². The molecule has 2 aromatic heterocycles. The molecule has 6 nitrogen and oxygen atoms in total. The number of benzene rings is 1. The summed E-state index contributed by atoms with van der Waals surface area (Å²) in [6.07, 6.45) is 2.74. The molecule has 0 radical (unpaired) electrons. The number of hydrogen-bond acceptors (Lipinski definition) is 7. The van der Waals surface area contributed by atoms with Gasteiger partial charge < -0.3 is 0 Å². The summed E-state index contributed by atoms with van der Waals surface area (Å²) in [5.74, 6) is 0.982. The monoisotopic (exact) mass is 461 g/mol. The summed E-state index contributed by atoms with van der Waals surface area (Å²) in [5, 5.41) is 1.88. The third-order valence-corrected chi connectivity index (χ3v) is 8.58. The van der Waals surface area contributed by atoms with Crippen molar-refractivity contribution in [3.8, 4) is 0 Å². The molecule has 0 saturated carbocycles. The third kappa shape index (κ3) is 3.98. The number of carbonyl (C=O) groups is 1. The van der Waals surface area contributed by atoms with Gasteiger partial charge in [-0.25, -0.2) is 18.4 Å². The Morgan fingerprint density at radius 3 is 2.73 bits per heavy atom. The molecule has 0 bridgehead atoms. The molecule has 30 heavy (non-hydrogen) atoms. The fraction of sp³-hybridized carbons (Fsp3) is 0.381. The predicted octanol–water partition coefficient (Wildman–Crippen LogP) is 4.30. The van der Waals surface area contributed by atoms with E-state index in [0.29, 0.717) is 23.6 Å². The second kappa shape index (κ2) is 7.94. The van der Waals surface area contributed by atoms with Crippen LogP contribution < -0.4 is 4.31 Å². The highest BCUT2D eigenvalue weighted by Gasteiger charge is 2.25. The number of thioether (sulfide) groups is 1. The number of nitrogens with zero attached hydrogens (tertiary/aromatic N) is 3. The maximum Gasteiger partial charge on any atom is 0.232 e. The van der Waals surface area contributed by atoms with Gasteiger partial charge in [-0.05, 0) is 62.9 Å². The smallest absolute Gasteiger partial charge is 0.232 e. The fourth-order valence-corrected chi connectivity index (χ4v) is 6.88. The largest absolute Gasteiger partial charge is 0.293 e. The molecule has 1 aromatic carbocycles. The molecule has 4 rings (SSSR count). The van der Waals surface area contributed by atoms with Gasteiger partial charge in [0.25, 0.3) is 0 Å². The van der Waals surface area contributed by atoms with Gasteiger partial charge in [0, 0.05) is 22.4 Å². The molecule has 0 amide bonds. The van der Waals surface area contributed by atoms with E-state index in [1.165, 1.54) is 32.8 Å². The van der Waals surface area contributed by atoms with Crippen LogP contribution in [0.4, 0.5) is 5.69 Å². The van der Waals surface area contributed by atoms with Crippen LogP contribution in [0.15, 0.2) is 23.2 Å². The lowest BCUT2D eigenvalue weighted by atomic mass is 9.99. The first-order valence-electron chi connectivity index (χ1n) is 9.66. The van der Waals surface area contributed by atoms with Crippen LogP contribution in [0.3, 0.4) is 0 Å². The van der Waals surface area contributed by atoms with Crippen molar-refractivity contribution < 1.29 is 13.2 Å². The van der Waals surface area contributed by atoms with Crippen LogP contribution in [-0.2, 0) is 16.4 Å². The van der Waals surface area contributed by atoms with E-state index < -0.39 is 10.0 Å². The second-order valence-corrected chi connectivity index (χ2v) is 11.6. The van der Waals surface area contributed by atoms with E-state index in [4.69, 9.17) is 0 Å². The normalized spacial score (nSPS) is 14.2. The minimum Gasteiger partial charge on any atom is -0.293 e. The minimum absolute atomic E-state index is 0.00768. The number of fused-ring (bicyclic) bond motifs is 2. The molecule has 0 aliphatic carbocycles. The molecule has 0 unspecified atom stereocenters. The lowest BCUT2D eigenvalue weighted by Crippen LogP contribution is -2.34. The molecule has 0 spiro atoms. The molecule has 9 heteroatoms. The Balaban J connectivity index is 1.58. The van der Waals surface area contributed by atoms with Gasteiger partial charge in [0.05, 0.1) is 17.7 Å². The first-order chi connectivity index (χ1) is 14.1. The predicted molar refractivity (Wildman–Crippen MR) is 124 cm³/mol. The van der Waals surface area contributed by atoms with E-state index in [9.17, 15) is 13.2 Å². The molecule has 1 aliphatic heterocycles.